The van der Waals surface area contributed by atoms with Crippen molar-refractivity contribution in [2.75, 3.05) is 60.4 Å². The largest absolute Gasteiger partial charge is 0.497 e. The van der Waals surface area contributed by atoms with Crippen LogP contribution in [0.15, 0.2) is 48.5 Å². The molecule has 0 saturated carbocycles. The molecule has 1 saturated heterocycles. The van der Waals surface area contributed by atoms with Crippen LogP contribution in [0.4, 0.5) is 33.8 Å². The van der Waals surface area contributed by atoms with E-state index in [1.807, 2.05) is 36.4 Å². The van der Waals surface area contributed by atoms with Crippen LogP contribution in [0.2, 0.25) is 0 Å². The second-order valence-electron chi connectivity index (χ2n) is 9.44. The predicted molar refractivity (Wildman–Crippen MR) is 142 cm³/mol. The molecule has 1 amide bonds. The number of rotatable bonds is 6. The van der Waals surface area contributed by atoms with Crippen LogP contribution in [0.25, 0.3) is 0 Å². The van der Waals surface area contributed by atoms with Crippen LogP contribution in [0, 0.1) is 0 Å². The number of aromatic nitrogens is 2. The molecule has 1 atom stereocenters. The fourth-order valence-electron chi connectivity index (χ4n) is 5.15. The van der Waals surface area contributed by atoms with Crippen molar-refractivity contribution < 1.29 is 14.6 Å². The van der Waals surface area contributed by atoms with Gasteiger partial charge in [0.25, 0.3) is 0 Å². The number of carbonyl (C=O) groups is 1. The second-order valence-corrected chi connectivity index (χ2v) is 9.44. The molecule has 3 aromatic rings. The maximum absolute atomic E-state index is 11.2. The number of nitrogens with one attached hydrogen (secondary N) is 3. The minimum Gasteiger partial charge on any atom is -0.497 e. The number of amides is 1. The molecule has 0 radical (unpaired) electrons. The normalized spacial score (nSPS) is 18.3. The van der Waals surface area contributed by atoms with Gasteiger partial charge in [-0.1, -0.05) is 12.1 Å². The third kappa shape index (κ3) is 4.65. The van der Waals surface area contributed by atoms with Crippen molar-refractivity contribution in [3.05, 3.63) is 59.7 Å². The number of hydrazine groups is 1. The Hall–Kier alpha value is -4.25. The highest BCUT2D eigenvalue weighted by molar-refractivity contribution is 5.70. The number of piperazine rings is 1. The Morgan fingerprint density at radius 1 is 1.05 bits per heavy atom. The quantitative estimate of drug-likeness (QED) is 0.399. The zero-order chi connectivity index (χ0) is 25.4. The van der Waals surface area contributed by atoms with E-state index >= 15 is 0 Å². The highest BCUT2D eigenvalue weighted by Gasteiger charge is 2.34. The molecule has 11 heteroatoms. The summed E-state index contributed by atoms with van der Waals surface area (Å²) in [5.74, 6) is 3.13. The van der Waals surface area contributed by atoms with Gasteiger partial charge in [-0.25, -0.2) is 10.2 Å². The summed E-state index contributed by atoms with van der Waals surface area (Å²) in [5, 5.41) is 12.5. The van der Waals surface area contributed by atoms with Crippen LogP contribution >= 0.6 is 0 Å². The van der Waals surface area contributed by atoms with Gasteiger partial charge in [-0.05, 0) is 48.4 Å². The molecule has 0 aliphatic carbocycles. The molecule has 0 bridgehead atoms. The average molecular weight is 503 g/mol. The van der Waals surface area contributed by atoms with Gasteiger partial charge in [-0.3, -0.25) is 0 Å². The molecule has 192 valence electrons. The van der Waals surface area contributed by atoms with Gasteiger partial charge in [-0.2, -0.15) is 9.97 Å². The lowest BCUT2D eigenvalue weighted by atomic mass is 10.0. The Labute approximate surface area is 215 Å². The Kier molecular flexibility index (Phi) is 6.05. The summed E-state index contributed by atoms with van der Waals surface area (Å²) in [5.41, 5.74) is 10.8. The Morgan fingerprint density at radius 2 is 1.81 bits per heavy atom. The van der Waals surface area contributed by atoms with Gasteiger partial charge in [0.05, 0.1) is 18.7 Å². The number of nitrogens with zero attached hydrogens (tertiary/aromatic N) is 5. The monoisotopic (exact) mass is 502 g/mol. The molecule has 3 aliphatic rings. The highest BCUT2D eigenvalue weighted by atomic mass is 16.5. The highest BCUT2D eigenvalue weighted by Crippen LogP contribution is 2.41. The first-order chi connectivity index (χ1) is 18.1. The van der Waals surface area contributed by atoms with Crippen LogP contribution < -0.4 is 30.7 Å². The van der Waals surface area contributed by atoms with Gasteiger partial charge in [0, 0.05) is 50.6 Å². The number of carboxylic acid groups (broad SMARTS) is 1. The fraction of sp³-hybridized carbons (Fsp3) is 0.346. The fourth-order valence-corrected chi connectivity index (χ4v) is 5.15. The number of methoxy groups -OCH3 is 1. The molecule has 37 heavy (non-hydrogen) atoms. The lowest BCUT2D eigenvalue weighted by Crippen LogP contribution is -2.48. The van der Waals surface area contributed by atoms with Crippen molar-refractivity contribution in [1.29, 1.82) is 0 Å². The molecule has 1 unspecified atom stereocenters. The van der Waals surface area contributed by atoms with Crippen molar-refractivity contribution in [2.45, 2.75) is 19.0 Å². The lowest BCUT2D eigenvalue weighted by molar-refractivity contribution is 0.142. The number of anilines is 5. The van der Waals surface area contributed by atoms with Gasteiger partial charge >= 0.3 is 6.09 Å². The summed E-state index contributed by atoms with van der Waals surface area (Å²) in [6.45, 7) is 4.02. The molecule has 1 aromatic heterocycles. The van der Waals surface area contributed by atoms with Gasteiger partial charge in [0.2, 0.25) is 5.95 Å². The third-order valence-electron chi connectivity index (χ3n) is 7.20. The average Bonchev–Trinajstić information content (AvgIpc) is 3.35. The Bertz CT molecular complexity index is 1280. The molecule has 6 rings (SSSR count). The van der Waals surface area contributed by atoms with Crippen molar-refractivity contribution in [2.24, 2.45) is 0 Å². The van der Waals surface area contributed by atoms with Crippen LogP contribution in [-0.4, -0.2) is 65.9 Å². The summed E-state index contributed by atoms with van der Waals surface area (Å²) in [6, 6.07) is 16.4. The zero-order valence-electron chi connectivity index (χ0n) is 20.6. The minimum atomic E-state index is -0.855. The summed E-state index contributed by atoms with van der Waals surface area (Å²) in [6.07, 6.45) is 0.118. The molecule has 4 heterocycles. The van der Waals surface area contributed by atoms with Crippen LogP contribution in [0.5, 0.6) is 5.75 Å². The minimum absolute atomic E-state index is 0.201. The van der Waals surface area contributed by atoms with E-state index in [1.54, 1.807) is 7.11 Å². The molecule has 1 fully saturated rings. The van der Waals surface area contributed by atoms with E-state index in [9.17, 15) is 4.79 Å². The van der Waals surface area contributed by atoms with Crippen molar-refractivity contribution >= 4 is 35.1 Å². The van der Waals surface area contributed by atoms with E-state index in [0.29, 0.717) is 32.1 Å². The smallest absolute Gasteiger partial charge is 0.407 e. The van der Waals surface area contributed by atoms with Crippen LogP contribution in [0.3, 0.4) is 0 Å². The summed E-state index contributed by atoms with van der Waals surface area (Å²) in [7, 11) is 1.68. The molecule has 2 aromatic carbocycles. The van der Waals surface area contributed by atoms with Crippen LogP contribution in [0.1, 0.15) is 23.6 Å². The summed E-state index contributed by atoms with van der Waals surface area (Å²) in [4.78, 5) is 26.8. The molecule has 4 N–H and O–H groups in total. The Balaban J connectivity index is 1.19. The lowest BCUT2D eigenvalue weighted by Gasteiger charge is -2.34. The van der Waals surface area contributed by atoms with Gasteiger partial charge < -0.3 is 35.3 Å². The number of ether oxygens (including phenoxy) is 1. The summed E-state index contributed by atoms with van der Waals surface area (Å²) >= 11 is 0. The van der Waals surface area contributed by atoms with E-state index in [0.717, 1.165) is 53.8 Å². The van der Waals surface area contributed by atoms with E-state index in [2.05, 4.69) is 38.1 Å². The maximum atomic E-state index is 11.2. The van der Waals surface area contributed by atoms with Crippen LogP contribution in [-0.2, 0) is 6.54 Å². The third-order valence-corrected chi connectivity index (χ3v) is 7.20. The number of hydrogen-bond donors (Lipinski definition) is 4. The first kappa shape index (κ1) is 23.2. The van der Waals surface area contributed by atoms with E-state index in [-0.39, 0.29) is 6.04 Å². The SMILES string of the molecule is COc1ccc(CN2CCC3NNc4nc(Nc5ccc(N6CCN(C(=O)O)CC6)cc5)nc2c43)cc1. The molecular formula is C26H30N8O3. The van der Waals surface area contributed by atoms with Crippen molar-refractivity contribution in [3.63, 3.8) is 0 Å². The second kappa shape index (κ2) is 9.66. The van der Waals surface area contributed by atoms with E-state index < -0.39 is 6.09 Å². The molecular weight excluding hydrogens is 472 g/mol. The van der Waals surface area contributed by atoms with Gasteiger partial charge in [0.15, 0.2) is 5.82 Å². The first-order valence-corrected chi connectivity index (χ1v) is 12.5. The van der Waals surface area contributed by atoms with E-state index in [1.165, 1.54) is 10.5 Å². The zero-order valence-corrected chi connectivity index (χ0v) is 20.6. The molecule has 3 aliphatic heterocycles. The van der Waals surface area contributed by atoms with Gasteiger partial charge in [-0.15, -0.1) is 0 Å². The molecule has 11 nitrogen and oxygen atoms in total. The predicted octanol–water partition coefficient (Wildman–Crippen LogP) is 3.41. The number of benzene rings is 2. The van der Waals surface area contributed by atoms with Crippen molar-refractivity contribution in [3.8, 4) is 5.75 Å². The van der Waals surface area contributed by atoms with Crippen molar-refractivity contribution in [1.82, 2.24) is 20.3 Å². The Morgan fingerprint density at radius 3 is 2.51 bits per heavy atom. The standard InChI is InChI=1S/C26H30N8O3/c1-37-20-8-2-17(3-9-20)16-34-11-10-21-22-23(31-30-21)28-25(29-24(22)34)27-18-4-6-19(7-5-18)32-12-14-33(15-13-32)26(35)36/h2-9,21,30H,10-16H2,1H3,(H,35,36)(H2,27,28,29,31). The first-order valence-electron chi connectivity index (χ1n) is 12.5. The van der Waals surface area contributed by atoms with Gasteiger partial charge in [0.1, 0.15) is 11.6 Å². The number of hydrogen-bond acceptors (Lipinski definition) is 9. The topological polar surface area (TPSA) is 118 Å². The van der Waals surface area contributed by atoms with E-state index in [4.69, 9.17) is 19.8 Å². The summed E-state index contributed by atoms with van der Waals surface area (Å²) < 4.78 is 5.30. The maximum Gasteiger partial charge on any atom is 0.407 e. The molecule has 0 spiro atoms.